The van der Waals surface area contributed by atoms with Gasteiger partial charge in [-0.1, -0.05) is 17.7 Å². The van der Waals surface area contributed by atoms with Crippen molar-refractivity contribution in [3.63, 3.8) is 0 Å². The molecule has 0 unspecified atom stereocenters. The summed E-state index contributed by atoms with van der Waals surface area (Å²) in [5.74, 6) is -0.133. The van der Waals surface area contributed by atoms with Crippen molar-refractivity contribution in [2.45, 2.75) is 32.3 Å². The first kappa shape index (κ1) is 19.0. The highest BCUT2D eigenvalue weighted by atomic mass is 32.2. The average molecular weight is 384 g/mol. The predicted octanol–water partition coefficient (Wildman–Crippen LogP) is 4.26. The highest BCUT2D eigenvalue weighted by molar-refractivity contribution is 8.00. The van der Waals surface area contributed by atoms with Crippen LogP contribution in [-0.4, -0.2) is 16.8 Å². The van der Waals surface area contributed by atoms with Gasteiger partial charge in [0.05, 0.1) is 5.75 Å². The molecule has 3 rings (SSSR count). The van der Waals surface area contributed by atoms with Crippen molar-refractivity contribution < 1.29 is 19.1 Å². The summed E-state index contributed by atoms with van der Waals surface area (Å²) in [6.45, 7) is 5.64. The summed E-state index contributed by atoms with van der Waals surface area (Å²) in [6, 6.07) is 10.6. The van der Waals surface area contributed by atoms with E-state index >= 15 is 0 Å². The van der Waals surface area contributed by atoms with Crippen molar-refractivity contribution in [2.24, 2.45) is 0 Å². The number of aryl methyl sites for hydroxylation is 3. The van der Waals surface area contributed by atoms with E-state index in [2.05, 4.69) is 0 Å². The number of rotatable bonds is 5. The molecule has 0 spiro atoms. The van der Waals surface area contributed by atoms with Crippen LogP contribution in [0.2, 0.25) is 0 Å². The first-order chi connectivity index (χ1) is 12.8. The molecule has 0 saturated carbocycles. The molecular weight excluding hydrogens is 364 g/mol. The summed E-state index contributed by atoms with van der Waals surface area (Å²) in [5.41, 5.74) is 3.03. The molecule has 27 heavy (non-hydrogen) atoms. The summed E-state index contributed by atoms with van der Waals surface area (Å²) in [6.07, 6.45) is 0. The number of benzene rings is 2. The predicted molar refractivity (Wildman–Crippen MR) is 105 cm³/mol. The standard InChI is InChI=1S/C21H20O5S/c1-12-4-5-13(2)18(8-12)27-11-20(24)25-10-15-9-19(23)26-21-14(3)17(22)7-6-16(15)21/h4-9,22H,10-11H2,1-3H3. The largest absolute Gasteiger partial charge is 0.508 e. The van der Waals surface area contributed by atoms with Crippen LogP contribution in [0.4, 0.5) is 0 Å². The van der Waals surface area contributed by atoms with Crippen LogP contribution in [0.1, 0.15) is 22.3 Å². The molecule has 2 aromatic carbocycles. The van der Waals surface area contributed by atoms with Crippen LogP contribution in [0, 0.1) is 20.8 Å². The third-order valence-electron chi connectivity index (χ3n) is 4.30. The second kappa shape index (κ2) is 7.88. The molecule has 0 saturated heterocycles. The summed E-state index contributed by atoms with van der Waals surface area (Å²) >= 11 is 1.43. The molecule has 0 radical (unpaired) electrons. The Hall–Kier alpha value is -2.73. The maximum atomic E-state index is 12.1. The van der Waals surface area contributed by atoms with Crippen LogP contribution < -0.4 is 5.63 Å². The maximum Gasteiger partial charge on any atom is 0.336 e. The molecule has 140 valence electrons. The smallest absolute Gasteiger partial charge is 0.336 e. The molecule has 0 atom stereocenters. The Morgan fingerprint density at radius 3 is 2.70 bits per heavy atom. The van der Waals surface area contributed by atoms with Crippen molar-refractivity contribution in [3.05, 3.63) is 69.1 Å². The van der Waals surface area contributed by atoms with E-state index in [0.717, 1.165) is 16.0 Å². The molecule has 6 heteroatoms. The van der Waals surface area contributed by atoms with Crippen molar-refractivity contribution in [2.75, 3.05) is 5.75 Å². The van der Waals surface area contributed by atoms with Gasteiger partial charge < -0.3 is 14.3 Å². The minimum Gasteiger partial charge on any atom is -0.508 e. The Balaban J connectivity index is 1.71. The molecule has 1 aromatic heterocycles. The number of carbonyl (C=O) groups is 1. The number of esters is 1. The SMILES string of the molecule is Cc1ccc(C)c(SCC(=O)OCc2cc(=O)oc3c(C)c(O)ccc23)c1. The van der Waals surface area contributed by atoms with Crippen molar-refractivity contribution in [1.82, 2.24) is 0 Å². The zero-order valence-corrected chi connectivity index (χ0v) is 16.2. The lowest BCUT2D eigenvalue weighted by Crippen LogP contribution is -2.09. The van der Waals surface area contributed by atoms with Gasteiger partial charge in [-0.2, -0.15) is 0 Å². The van der Waals surface area contributed by atoms with E-state index in [9.17, 15) is 14.7 Å². The van der Waals surface area contributed by atoms with E-state index in [4.69, 9.17) is 9.15 Å². The Kier molecular flexibility index (Phi) is 5.56. The van der Waals surface area contributed by atoms with Crippen LogP contribution in [0.15, 0.2) is 50.5 Å². The lowest BCUT2D eigenvalue weighted by Gasteiger charge is -2.10. The van der Waals surface area contributed by atoms with Gasteiger partial charge in [-0.3, -0.25) is 4.79 Å². The topological polar surface area (TPSA) is 76.7 Å². The first-order valence-electron chi connectivity index (χ1n) is 8.46. The Labute approximate surface area is 161 Å². The fraction of sp³-hybridized carbons (Fsp3) is 0.238. The number of ether oxygens (including phenoxy) is 1. The Morgan fingerprint density at radius 1 is 1.15 bits per heavy atom. The summed E-state index contributed by atoms with van der Waals surface area (Å²) in [7, 11) is 0. The number of phenols is 1. The van der Waals surface area contributed by atoms with Gasteiger partial charge in [-0.15, -0.1) is 11.8 Å². The Morgan fingerprint density at radius 2 is 1.93 bits per heavy atom. The highest BCUT2D eigenvalue weighted by Gasteiger charge is 2.13. The van der Waals surface area contributed by atoms with E-state index in [1.807, 2.05) is 32.0 Å². The summed E-state index contributed by atoms with van der Waals surface area (Å²) in [5, 5.41) is 10.4. The summed E-state index contributed by atoms with van der Waals surface area (Å²) < 4.78 is 10.5. The molecular formula is C21H20O5S. The number of phenolic OH excluding ortho intramolecular Hbond substituents is 1. The van der Waals surface area contributed by atoms with E-state index in [0.29, 0.717) is 22.1 Å². The fourth-order valence-corrected chi connectivity index (χ4v) is 3.66. The van der Waals surface area contributed by atoms with Crippen LogP contribution in [0.5, 0.6) is 5.75 Å². The lowest BCUT2D eigenvalue weighted by molar-refractivity contribution is -0.141. The second-order valence-electron chi connectivity index (χ2n) is 6.40. The minimum absolute atomic E-state index is 0.0293. The quantitative estimate of drug-likeness (QED) is 0.402. The van der Waals surface area contributed by atoms with Gasteiger partial charge in [0.15, 0.2) is 0 Å². The fourth-order valence-electron chi connectivity index (χ4n) is 2.73. The normalized spacial score (nSPS) is 10.9. The van der Waals surface area contributed by atoms with E-state index < -0.39 is 5.63 Å². The lowest BCUT2D eigenvalue weighted by atomic mass is 10.1. The zero-order chi connectivity index (χ0) is 19.6. The molecule has 0 aliphatic heterocycles. The number of hydrogen-bond acceptors (Lipinski definition) is 6. The molecule has 0 amide bonds. The van der Waals surface area contributed by atoms with Crippen molar-refractivity contribution in [1.29, 1.82) is 0 Å². The average Bonchev–Trinajstić information content (AvgIpc) is 2.63. The van der Waals surface area contributed by atoms with E-state index in [1.54, 1.807) is 13.0 Å². The number of hydrogen-bond donors (Lipinski definition) is 1. The van der Waals surface area contributed by atoms with Crippen molar-refractivity contribution >= 4 is 28.7 Å². The van der Waals surface area contributed by atoms with Gasteiger partial charge in [0.25, 0.3) is 0 Å². The third-order valence-corrected chi connectivity index (χ3v) is 5.43. The van der Waals surface area contributed by atoms with Gasteiger partial charge in [0.2, 0.25) is 0 Å². The maximum absolute atomic E-state index is 12.1. The van der Waals surface area contributed by atoms with Gasteiger partial charge in [0.1, 0.15) is 17.9 Å². The molecule has 3 aromatic rings. The molecule has 0 fully saturated rings. The van der Waals surface area contributed by atoms with E-state index in [1.165, 1.54) is 23.9 Å². The third kappa shape index (κ3) is 4.34. The zero-order valence-electron chi connectivity index (χ0n) is 15.4. The highest BCUT2D eigenvalue weighted by Crippen LogP contribution is 2.28. The second-order valence-corrected chi connectivity index (χ2v) is 7.41. The van der Waals surface area contributed by atoms with Crippen LogP contribution >= 0.6 is 11.8 Å². The van der Waals surface area contributed by atoms with Gasteiger partial charge in [-0.05, 0) is 44.5 Å². The monoisotopic (exact) mass is 384 g/mol. The molecule has 0 aliphatic carbocycles. The Bertz CT molecular complexity index is 1070. The van der Waals surface area contributed by atoms with Gasteiger partial charge >= 0.3 is 11.6 Å². The molecule has 1 N–H and O–H groups in total. The molecule has 0 aliphatic rings. The van der Waals surface area contributed by atoms with Crippen molar-refractivity contribution in [3.8, 4) is 5.75 Å². The van der Waals surface area contributed by atoms with Crippen LogP contribution in [0.3, 0.4) is 0 Å². The minimum atomic E-state index is -0.549. The first-order valence-corrected chi connectivity index (χ1v) is 9.44. The number of aromatic hydroxyl groups is 1. The van der Waals surface area contributed by atoms with Crippen LogP contribution in [0.25, 0.3) is 11.0 Å². The van der Waals surface area contributed by atoms with Crippen LogP contribution in [-0.2, 0) is 16.1 Å². The molecule has 5 nitrogen and oxygen atoms in total. The van der Waals surface area contributed by atoms with Gasteiger partial charge in [-0.25, -0.2) is 4.79 Å². The number of thioether (sulfide) groups is 1. The van der Waals surface area contributed by atoms with E-state index in [-0.39, 0.29) is 24.1 Å². The molecule has 0 bridgehead atoms. The summed E-state index contributed by atoms with van der Waals surface area (Å²) in [4.78, 5) is 25.0. The number of carbonyl (C=O) groups excluding carboxylic acids is 1. The molecule has 1 heterocycles. The number of fused-ring (bicyclic) bond motifs is 1. The van der Waals surface area contributed by atoms with Gasteiger partial charge in [0, 0.05) is 27.5 Å².